The maximum absolute atomic E-state index is 12.3. The molecule has 0 saturated carbocycles. The molecule has 0 aliphatic rings. The van der Waals surface area contributed by atoms with E-state index in [9.17, 15) is 19.5 Å². The van der Waals surface area contributed by atoms with E-state index in [-0.39, 0.29) is 17.8 Å². The van der Waals surface area contributed by atoms with Crippen LogP contribution in [0.25, 0.3) is 0 Å². The van der Waals surface area contributed by atoms with Gasteiger partial charge < -0.3 is 20.1 Å². The number of nitrogens with one attached hydrogen (secondary N) is 1. The van der Waals surface area contributed by atoms with Crippen molar-refractivity contribution >= 4 is 17.5 Å². The van der Waals surface area contributed by atoms with Gasteiger partial charge in [-0.15, -0.1) is 0 Å². The van der Waals surface area contributed by atoms with E-state index in [0.29, 0.717) is 19.2 Å². The van der Waals surface area contributed by atoms with Crippen LogP contribution in [0, 0.1) is 0 Å². The SMILES string of the molecule is CCCCCCCCC(CC)OC(=O)CCCCCCCN(CCCCCCCC)CCCN/C(=C\O)C(=O)C(C)=O. The molecule has 0 heterocycles. The first kappa shape index (κ1) is 40.1. The van der Waals surface area contributed by atoms with Gasteiger partial charge in [0.05, 0.1) is 0 Å². The van der Waals surface area contributed by atoms with Crippen molar-refractivity contribution in [2.24, 2.45) is 0 Å². The van der Waals surface area contributed by atoms with Crippen molar-refractivity contribution in [3.63, 3.8) is 0 Å². The molecule has 0 rings (SSSR count). The number of allylic oxidation sites excluding steroid dienone is 1. The quantitative estimate of drug-likeness (QED) is 0.0273. The highest BCUT2D eigenvalue weighted by Gasteiger charge is 2.15. The van der Waals surface area contributed by atoms with Crippen LogP contribution in [0.1, 0.15) is 163 Å². The molecule has 42 heavy (non-hydrogen) atoms. The van der Waals surface area contributed by atoms with Gasteiger partial charge in [-0.1, -0.05) is 104 Å². The maximum Gasteiger partial charge on any atom is 0.306 e. The number of hydrogen-bond acceptors (Lipinski definition) is 7. The minimum atomic E-state index is -0.687. The molecular formula is C35H66N2O5. The molecule has 0 saturated heterocycles. The zero-order chi connectivity index (χ0) is 31.3. The van der Waals surface area contributed by atoms with Gasteiger partial charge in [-0.3, -0.25) is 14.4 Å². The highest BCUT2D eigenvalue weighted by molar-refractivity contribution is 6.42. The summed E-state index contributed by atoms with van der Waals surface area (Å²) in [6.07, 6.45) is 24.6. The number of ether oxygens (including phenoxy) is 1. The number of rotatable bonds is 31. The highest BCUT2D eigenvalue weighted by atomic mass is 16.5. The van der Waals surface area contributed by atoms with Crippen molar-refractivity contribution in [3.05, 3.63) is 12.0 Å². The smallest absolute Gasteiger partial charge is 0.306 e. The van der Waals surface area contributed by atoms with Crippen LogP contribution >= 0.6 is 0 Å². The Morgan fingerprint density at radius 2 is 1.21 bits per heavy atom. The molecular weight excluding hydrogens is 528 g/mol. The number of carbonyl (C=O) groups is 3. The molecule has 2 N–H and O–H groups in total. The second kappa shape index (κ2) is 29.2. The van der Waals surface area contributed by atoms with E-state index < -0.39 is 11.6 Å². The van der Waals surface area contributed by atoms with E-state index in [4.69, 9.17) is 4.74 Å². The molecule has 0 spiro atoms. The first-order valence-corrected chi connectivity index (χ1v) is 17.4. The fraction of sp³-hybridized carbons (Fsp3) is 0.857. The maximum atomic E-state index is 12.3. The van der Waals surface area contributed by atoms with Gasteiger partial charge in [0.25, 0.3) is 0 Å². The molecule has 7 heteroatoms. The Hall–Kier alpha value is -1.89. The van der Waals surface area contributed by atoms with Crippen molar-refractivity contribution in [2.75, 3.05) is 26.2 Å². The summed E-state index contributed by atoms with van der Waals surface area (Å²) in [4.78, 5) is 37.9. The summed E-state index contributed by atoms with van der Waals surface area (Å²) in [6.45, 7) is 11.4. The monoisotopic (exact) mass is 594 g/mol. The Balaban J connectivity index is 4.23. The van der Waals surface area contributed by atoms with Gasteiger partial charge in [-0.05, 0) is 64.6 Å². The van der Waals surface area contributed by atoms with E-state index >= 15 is 0 Å². The molecule has 0 amide bonds. The average Bonchev–Trinajstić information content (AvgIpc) is 2.98. The lowest BCUT2D eigenvalue weighted by atomic mass is 10.1. The Morgan fingerprint density at radius 3 is 1.74 bits per heavy atom. The fourth-order valence-corrected chi connectivity index (χ4v) is 5.23. The van der Waals surface area contributed by atoms with E-state index in [1.807, 2.05) is 0 Å². The molecule has 1 atom stereocenters. The molecule has 246 valence electrons. The van der Waals surface area contributed by atoms with E-state index in [1.165, 1.54) is 77.6 Å². The van der Waals surface area contributed by atoms with Gasteiger partial charge in [0.1, 0.15) is 18.1 Å². The van der Waals surface area contributed by atoms with Gasteiger partial charge in [-0.25, -0.2) is 0 Å². The number of nitrogens with zero attached hydrogens (tertiary/aromatic N) is 1. The number of aliphatic hydroxyl groups excluding tert-OH is 1. The molecule has 0 aromatic heterocycles. The molecule has 0 bridgehead atoms. The van der Waals surface area contributed by atoms with Crippen LogP contribution in [0.4, 0.5) is 0 Å². The largest absolute Gasteiger partial charge is 0.513 e. The van der Waals surface area contributed by atoms with Crippen LogP contribution in [-0.4, -0.2) is 59.8 Å². The second-order valence-electron chi connectivity index (χ2n) is 11.9. The summed E-state index contributed by atoms with van der Waals surface area (Å²) in [5, 5.41) is 12.2. The minimum absolute atomic E-state index is 0.0307. The fourth-order valence-electron chi connectivity index (χ4n) is 5.23. The molecule has 0 fully saturated rings. The molecule has 0 aromatic carbocycles. The molecule has 0 aromatic rings. The normalized spacial score (nSPS) is 12.5. The van der Waals surface area contributed by atoms with E-state index in [0.717, 1.165) is 77.4 Å². The van der Waals surface area contributed by atoms with Crippen molar-refractivity contribution in [3.8, 4) is 0 Å². The second-order valence-corrected chi connectivity index (χ2v) is 11.9. The lowest BCUT2D eigenvalue weighted by Crippen LogP contribution is -2.31. The van der Waals surface area contributed by atoms with Crippen LogP contribution in [0.5, 0.6) is 0 Å². The zero-order valence-electron chi connectivity index (χ0n) is 27.9. The lowest BCUT2D eigenvalue weighted by molar-refractivity contribution is -0.149. The van der Waals surface area contributed by atoms with Crippen LogP contribution in [0.3, 0.4) is 0 Å². The predicted octanol–water partition coefficient (Wildman–Crippen LogP) is 8.60. The highest BCUT2D eigenvalue weighted by Crippen LogP contribution is 2.15. The molecule has 1 unspecified atom stereocenters. The van der Waals surface area contributed by atoms with Gasteiger partial charge in [0.15, 0.2) is 0 Å². The van der Waals surface area contributed by atoms with Crippen molar-refractivity contribution in [2.45, 2.75) is 169 Å². The van der Waals surface area contributed by atoms with Crippen LogP contribution in [0.2, 0.25) is 0 Å². The Bertz CT molecular complexity index is 709. The Labute approximate surface area is 258 Å². The zero-order valence-corrected chi connectivity index (χ0v) is 27.9. The molecule has 7 nitrogen and oxygen atoms in total. The summed E-state index contributed by atoms with van der Waals surface area (Å²) in [7, 11) is 0. The molecule has 0 aliphatic carbocycles. The van der Waals surface area contributed by atoms with Crippen molar-refractivity contribution in [1.29, 1.82) is 0 Å². The van der Waals surface area contributed by atoms with Crippen molar-refractivity contribution in [1.82, 2.24) is 10.2 Å². The topological polar surface area (TPSA) is 95.9 Å². The van der Waals surface area contributed by atoms with Crippen LogP contribution < -0.4 is 5.32 Å². The minimum Gasteiger partial charge on any atom is -0.513 e. The number of esters is 1. The molecule has 0 aliphatic heterocycles. The van der Waals surface area contributed by atoms with Gasteiger partial charge in [0, 0.05) is 19.9 Å². The number of Topliss-reactive ketones (excluding diaryl/α,β-unsaturated/α-hetero) is 2. The number of unbranched alkanes of at least 4 members (excludes halogenated alkanes) is 14. The standard InChI is InChI=1S/C35H66N2O5/c1-5-8-10-12-15-19-24-32(7-3)42-34(40)25-20-16-14-18-22-28-37(27-21-17-13-11-9-6-2)29-23-26-36-33(30-38)35(41)31(4)39/h30,32,36,38H,5-29H2,1-4H3/b33-30-. The summed E-state index contributed by atoms with van der Waals surface area (Å²) >= 11 is 0. The summed E-state index contributed by atoms with van der Waals surface area (Å²) in [5.41, 5.74) is -0.0307. The van der Waals surface area contributed by atoms with Crippen LogP contribution in [0.15, 0.2) is 12.0 Å². The van der Waals surface area contributed by atoms with Gasteiger partial charge in [-0.2, -0.15) is 0 Å². The number of hydrogen-bond donors (Lipinski definition) is 2. The van der Waals surface area contributed by atoms with Gasteiger partial charge in [0.2, 0.25) is 11.6 Å². The Morgan fingerprint density at radius 1 is 0.714 bits per heavy atom. The van der Waals surface area contributed by atoms with Crippen LogP contribution in [-0.2, 0) is 19.1 Å². The third kappa shape index (κ3) is 23.6. The first-order valence-electron chi connectivity index (χ1n) is 17.4. The lowest BCUT2D eigenvalue weighted by Gasteiger charge is -2.22. The third-order valence-electron chi connectivity index (χ3n) is 7.98. The number of carbonyl (C=O) groups excluding carboxylic acids is 3. The number of ketones is 2. The molecule has 0 radical (unpaired) electrons. The van der Waals surface area contributed by atoms with E-state index in [1.54, 1.807) is 0 Å². The predicted molar refractivity (Wildman–Crippen MR) is 175 cm³/mol. The summed E-state index contributed by atoms with van der Waals surface area (Å²) in [6, 6.07) is 0. The summed E-state index contributed by atoms with van der Waals surface area (Å²) in [5.74, 6) is -1.30. The van der Waals surface area contributed by atoms with Crippen molar-refractivity contribution < 1.29 is 24.2 Å². The Kier molecular flexibility index (Phi) is 27.9. The average molecular weight is 595 g/mol. The van der Waals surface area contributed by atoms with E-state index in [2.05, 4.69) is 31.0 Å². The first-order chi connectivity index (χ1) is 20.4. The summed E-state index contributed by atoms with van der Waals surface area (Å²) < 4.78 is 5.74. The van der Waals surface area contributed by atoms with Gasteiger partial charge >= 0.3 is 5.97 Å². The third-order valence-corrected chi connectivity index (χ3v) is 7.98. The number of aliphatic hydroxyl groups is 1.